The average molecular weight is 443 g/mol. The normalized spacial score (nSPS) is 10.4. The van der Waals surface area contributed by atoms with Gasteiger partial charge in [-0.15, -0.1) is 0 Å². The highest BCUT2D eigenvalue weighted by molar-refractivity contribution is 6.31. The van der Waals surface area contributed by atoms with Gasteiger partial charge in [0.15, 0.2) is 6.61 Å². The summed E-state index contributed by atoms with van der Waals surface area (Å²) in [6.45, 7) is 3.59. The number of carbonyl (C=O) groups is 2. The first kappa shape index (κ1) is 21.7. The van der Waals surface area contributed by atoms with E-state index >= 15 is 0 Å². The molecule has 3 rings (SSSR count). The van der Waals surface area contributed by atoms with Gasteiger partial charge in [-0.25, -0.2) is 0 Å². The standard InChI is InChI=1S/C23H20Cl2N2O3/c1-14-3-7-18(12-20(14)25)26-22(28)13-30-19-8-4-16(5-9-19)23(29)27-21-10-6-17(24)11-15(21)2/h3-12H,13H2,1-2H3,(H,26,28)(H,27,29). The smallest absolute Gasteiger partial charge is 0.262 e. The molecule has 0 radical (unpaired) electrons. The van der Waals surface area contributed by atoms with Gasteiger partial charge >= 0.3 is 0 Å². The van der Waals surface area contributed by atoms with E-state index in [1.807, 2.05) is 19.9 Å². The number of aryl methyl sites for hydroxylation is 2. The molecule has 0 fully saturated rings. The van der Waals surface area contributed by atoms with Gasteiger partial charge in [0.2, 0.25) is 0 Å². The van der Waals surface area contributed by atoms with Gasteiger partial charge in [-0.1, -0.05) is 29.3 Å². The summed E-state index contributed by atoms with van der Waals surface area (Å²) in [5.41, 5.74) is 3.56. The summed E-state index contributed by atoms with van der Waals surface area (Å²) in [5, 5.41) is 6.76. The van der Waals surface area contributed by atoms with Gasteiger partial charge in [0.25, 0.3) is 11.8 Å². The Morgan fingerprint density at radius 2 is 1.60 bits per heavy atom. The van der Waals surface area contributed by atoms with Crippen molar-refractivity contribution in [2.24, 2.45) is 0 Å². The molecular formula is C23H20Cl2N2O3. The van der Waals surface area contributed by atoms with Crippen molar-refractivity contribution in [3.8, 4) is 5.75 Å². The topological polar surface area (TPSA) is 67.4 Å². The van der Waals surface area contributed by atoms with E-state index in [1.54, 1.807) is 54.6 Å². The van der Waals surface area contributed by atoms with E-state index in [0.29, 0.717) is 32.7 Å². The van der Waals surface area contributed by atoms with E-state index in [0.717, 1.165) is 11.1 Å². The minimum absolute atomic E-state index is 0.166. The van der Waals surface area contributed by atoms with Gasteiger partial charge in [-0.2, -0.15) is 0 Å². The largest absolute Gasteiger partial charge is 0.484 e. The maximum absolute atomic E-state index is 12.4. The Kier molecular flexibility index (Phi) is 6.98. The summed E-state index contributed by atoms with van der Waals surface area (Å²) >= 11 is 12.0. The molecule has 30 heavy (non-hydrogen) atoms. The summed E-state index contributed by atoms with van der Waals surface area (Å²) in [6, 6.07) is 17.1. The molecule has 0 aliphatic heterocycles. The van der Waals surface area contributed by atoms with Crippen molar-refractivity contribution in [3.63, 3.8) is 0 Å². The fourth-order valence-electron chi connectivity index (χ4n) is 2.68. The Hall–Kier alpha value is -3.02. The number of hydrogen-bond donors (Lipinski definition) is 2. The molecule has 5 nitrogen and oxygen atoms in total. The van der Waals surface area contributed by atoms with Crippen LogP contribution < -0.4 is 15.4 Å². The van der Waals surface area contributed by atoms with Crippen molar-refractivity contribution in [3.05, 3.63) is 87.4 Å². The lowest BCUT2D eigenvalue weighted by atomic mass is 10.1. The molecule has 3 aromatic carbocycles. The van der Waals surface area contributed by atoms with Crippen molar-refractivity contribution < 1.29 is 14.3 Å². The third kappa shape index (κ3) is 5.75. The maximum Gasteiger partial charge on any atom is 0.262 e. The second-order valence-electron chi connectivity index (χ2n) is 6.74. The quantitative estimate of drug-likeness (QED) is 0.500. The number of benzene rings is 3. The van der Waals surface area contributed by atoms with Crippen molar-refractivity contribution in [2.45, 2.75) is 13.8 Å². The zero-order valence-electron chi connectivity index (χ0n) is 16.5. The van der Waals surface area contributed by atoms with Crippen LogP contribution in [-0.2, 0) is 4.79 Å². The molecule has 2 N–H and O–H groups in total. The first-order chi connectivity index (χ1) is 14.3. The van der Waals surface area contributed by atoms with Crippen LogP contribution in [0.25, 0.3) is 0 Å². The molecule has 0 unspecified atom stereocenters. The Balaban J connectivity index is 1.54. The molecule has 2 amide bonds. The predicted molar refractivity (Wildman–Crippen MR) is 121 cm³/mol. The van der Waals surface area contributed by atoms with E-state index in [4.69, 9.17) is 27.9 Å². The molecule has 0 bridgehead atoms. The highest BCUT2D eigenvalue weighted by atomic mass is 35.5. The van der Waals surface area contributed by atoms with Gasteiger partial charge < -0.3 is 15.4 Å². The molecule has 154 valence electrons. The third-order valence-electron chi connectivity index (χ3n) is 4.38. The zero-order chi connectivity index (χ0) is 21.7. The van der Waals surface area contributed by atoms with Crippen molar-refractivity contribution in [1.29, 1.82) is 0 Å². The number of hydrogen-bond acceptors (Lipinski definition) is 3. The maximum atomic E-state index is 12.4. The SMILES string of the molecule is Cc1ccc(NC(=O)COc2ccc(C(=O)Nc3ccc(Cl)cc3C)cc2)cc1Cl. The Bertz CT molecular complexity index is 1080. The lowest BCUT2D eigenvalue weighted by Gasteiger charge is -2.10. The van der Waals surface area contributed by atoms with Crippen LogP contribution in [0.2, 0.25) is 10.0 Å². The fourth-order valence-corrected chi connectivity index (χ4v) is 3.09. The van der Waals surface area contributed by atoms with E-state index in [9.17, 15) is 9.59 Å². The molecule has 7 heteroatoms. The van der Waals surface area contributed by atoms with Crippen molar-refractivity contribution >= 4 is 46.4 Å². The summed E-state index contributed by atoms with van der Waals surface area (Å²) < 4.78 is 5.49. The molecule has 3 aromatic rings. The molecule has 0 heterocycles. The average Bonchev–Trinajstić information content (AvgIpc) is 2.71. The summed E-state index contributed by atoms with van der Waals surface area (Å²) in [4.78, 5) is 24.5. The second-order valence-corrected chi connectivity index (χ2v) is 7.58. The van der Waals surface area contributed by atoms with Gasteiger partial charge in [0.1, 0.15) is 5.75 Å². The lowest BCUT2D eigenvalue weighted by molar-refractivity contribution is -0.118. The van der Waals surface area contributed by atoms with Gasteiger partial charge in [0.05, 0.1) is 0 Å². The Morgan fingerprint density at radius 3 is 2.27 bits per heavy atom. The number of amides is 2. The van der Waals surface area contributed by atoms with Crippen molar-refractivity contribution in [1.82, 2.24) is 0 Å². The number of carbonyl (C=O) groups excluding carboxylic acids is 2. The van der Waals surface area contributed by atoms with Crippen LogP contribution >= 0.6 is 23.2 Å². The van der Waals surface area contributed by atoms with Crippen LogP contribution in [0.1, 0.15) is 21.5 Å². The predicted octanol–water partition coefficient (Wildman–Crippen LogP) is 5.88. The van der Waals surface area contributed by atoms with Crippen LogP contribution in [0.5, 0.6) is 5.75 Å². The highest BCUT2D eigenvalue weighted by Crippen LogP contribution is 2.22. The summed E-state index contributed by atoms with van der Waals surface area (Å²) in [6.07, 6.45) is 0. The number of nitrogens with one attached hydrogen (secondary N) is 2. The molecule has 0 saturated carbocycles. The fraction of sp³-hybridized carbons (Fsp3) is 0.130. The van der Waals surface area contributed by atoms with Crippen LogP contribution in [0.4, 0.5) is 11.4 Å². The van der Waals surface area contributed by atoms with Crippen LogP contribution in [0.3, 0.4) is 0 Å². The monoisotopic (exact) mass is 442 g/mol. The number of ether oxygens (including phenoxy) is 1. The first-order valence-electron chi connectivity index (χ1n) is 9.18. The van der Waals surface area contributed by atoms with Crippen molar-refractivity contribution in [2.75, 3.05) is 17.2 Å². The minimum Gasteiger partial charge on any atom is -0.484 e. The number of rotatable bonds is 6. The Labute approximate surface area is 185 Å². The molecular weight excluding hydrogens is 423 g/mol. The van der Waals surface area contributed by atoms with Crippen LogP contribution in [0, 0.1) is 13.8 Å². The third-order valence-corrected chi connectivity index (χ3v) is 5.02. The zero-order valence-corrected chi connectivity index (χ0v) is 18.0. The van der Waals surface area contributed by atoms with E-state index < -0.39 is 0 Å². The summed E-state index contributed by atoms with van der Waals surface area (Å²) in [5.74, 6) is -0.0813. The minimum atomic E-state index is -0.310. The van der Waals surface area contributed by atoms with Gasteiger partial charge in [0, 0.05) is 27.0 Å². The molecule has 0 spiro atoms. The molecule has 0 aliphatic rings. The second kappa shape index (κ2) is 9.65. The Morgan fingerprint density at radius 1 is 0.867 bits per heavy atom. The van der Waals surface area contributed by atoms with E-state index in [2.05, 4.69) is 10.6 Å². The van der Waals surface area contributed by atoms with Gasteiger partial charge in [-0.3, -0.25) is 9.59 Å². The van der Waals surface area contributed by atoms with E-state index in [1.165, 1.54) is 0 Å². The number of anilines is 2. The molecule has 0 atom stereocenters. The first-order valence-corrected chi connectivity index (χ1v) is 9.94. The molecule has 0 aromatic heterocycles. The molecule has 0 saturated heterocycles. The number of halogens is 2. The van der Waals surface area contributed by atoms with E-state index in [-0.39, 0.29) is 18.4 Å². The molecule has 0 aliphatic carbocycles. The highest BCUT2D eigenvalue weighted by Gasteiger charge is 2.09. The van der Waals surface area contributed by atoms with Gasteiger partial charge in [-0.05, 0) is 79.6 Å². The lowest BCUT2D eigenvalue weighted by Crippen LogP contribution is -2.20. The van der Waals surface area contributed by atoms with Crippen LogP contribution in [0.15, 0.2) is 60.7 Å². The summed E-state index contributed by atoms with van der Waals surface area (Å²) in [7, 11) is 0. The van der Waals surface area contributed by atoms with Crippen LogP contribution in [-0.4, -0.2) is 18.4 Å².